The molecule has 0 bridgehead atoms. The predicted molar refractivity (Wildman–Crippen MR) is 72.0 cm³/mol. The number of carbonyl (C=O) groups excluding carboxylic acids is 1. The van der Waals surface area contributed by atoms with E-state index in [0.29, 0.717) is 5.95 Å². The second-order valence-corrected chi connectivity index (χ2v) is 4.93. The highest BCUT2D eigenvalue weighted by atomic mass is 16.3. The molecular weight excluding hydrogens is 258 g/mol. The first kappa shape index (κ1) is 12.5. The molecule has 3 rings (SSSR count). The summed E-state index contributed by atoms with van der Waals surface area (Å²) in [5.74, 6) is -0.174. The van der Waals surface area contributed by atoms with Gasteiger partial charge in [0.1, 0.15) is 12.1 Å². The zero-order valence-electron chi connectivity index (χ0n) is 10.9. The molecule has 0 unspecified atom stereocenters. The number of rotatable bonds is 2. The van der Waals surface area contributed by atoms with Crippen molar-refractivity contribution in [1.29, 1.82) is 0 Å². The number of amides is 1. The number of carbonyl (C=O) groups is 1. The highest BCUT2D eigenvalue weighted by molar-refractivity contribution is 5.79. The maximum Gasteiger partial charge on any atom is 0.225 e. The van der Waals surface area contributed by atoms with Crippen LogP contribution >= 0.6 is 0 Å². The first-order valence-electron chi connectivity index (χ1n) is 6.32. The van der Waals surface area contributed by atoms with Crippen LogP contribution in [0.15, 0.2) is 30.6 Å². The van der Waals surface area contributed by atoms with E-state index in [0.717, 1.165) is 5.56 Å². The lowest BCUT2D eigenvalue weighted by molar-refractivity contribution is -0.123. The smallest absolute Gasteiger partial charge is 0.225 e. The van der Waals surface area contributed by atoms with Crippen molar-refractivity contribution in [3.8, 4) is 5.75 Å². The van der Waals surface area contributed by atoms with Gasteiger partial charge in [-0.25, -0.2) is 4.68 Å². The minimum Gasteiger partial charge on any atom is -0.508 e. The van der Waals surface area contributed by atoms with E-state index >= 15 is 0 Å². The highest BCUT2D eigenvalue weighted by Crippen LogP contribution is 2.36. The number of phenols is 1. The van der Waals surface area contributed by atoms with Crippen LogP contribution in [0.5, 0.6) is 5.75 Å². The number of aromatic hydroxyl groups is 1. The van der Waals surface area contributed by atoms with Gasteiger partial charge in [-0.05, 0) is 24.6 Å². The Labute approximate surface area is 115 Å². The number of benzene rings is 1. The van der Waals surface area contributed by atoms with Crippen molar-refractivity contribution in [2.24, 2.45) is 11.7 Å². The molecule has 0 spiro atoms. The fourth-order valence-corrected chi connectivity index (χ4v) is 2.74. The predicted octanol–water partition coefficient (Wildman–Crippen LogP) is 0.489. The van der Waals surface area contributed by atoms with Gasteiger partial charge in [-0.15, -0.1) is 0 Å². The van der Waals surface area contributed by atoms with Gasteiger partial charge >= 0.3 is 0 Å². The van der Waals surface area contributed by atoms with Crippen LogP contribution < -0.4 is 11.1 Å². The first-order chi connectivity index (χ1) is 9.58. The van der Waals surface area contributed by atoms with E-state index in [2.05, 4.69) is 15.4 Å². The summed E-state index contributed by atoms with van der Waals surface area (Å²) in [6.07, 6.45) is 1.42. The Morgan fingerprint density at radius 3 is 3.00 bits per heavy atom. The van der Waals surface area contributed by atoms with E-state index in [9.17, 15) is 9.90 Å². The topological polar surface area (TPSA) is 106 Å². The molecule has 3 atom stereocenters. The van der Waals surface area contributed by atoms with Gasteiger partial charge in [0.2, 0.25) is 11.9 Å². The molecule has 0 fully saturated rings. The number of nitrogens with two attached hydrogens (primary N) is 1. The summed E-state index contributed by atoms with van der Waals surface area (Å²) in [6.45, 7) is 1.88. The van der Waals surface area contributed by atoms with E-state index in [1.807, 2.05) is 13.0 Å². The highest BCUT2D eigenvalue weighted by Gasteiger charge is 2.40. The summed E-state index contributed by atoms with van der Waals surface area (Å²) < 4.78 is 1.63. The third-order valence-corrected chi connectivity index (χ3v) is 3.61. The lowest BCUT2D eigenvalue weighted by Crippen LogP contribution is -2.47. The van der Waals surface area contributed by atoms with Gasteiger partial charge in [0.05, 0.1) is 12.0 Å². The number of anilines is 1. The molecule has 2 aromatic rings. The summed E-state index contributed by atoms with van der Waals surface area (Å²) in [4.78, 5) is 15.9. The second-order valence-electron chi connectivity index (χ2n) is 4.93. The van der Waals surface area contributed by atoms with E-state index in [1.54, 1.807) is 22.9 Å². The fourth-order valence-electron chi connectivity index (χ4n) is 2.74. The summed E-state index contributed by atoms with van der Waals surface area (Å²) in [5, 5.41) is 16.9. The third-order valence-electron chi connectivity index (χ3n) is 3.61. The van der Waals surface area contributed by atoms with Crippen LogP contribution in [-0.4, -0.2) is 31.8 Å². The quantitative estimate of drug-likeness (QED) is 0.738. The number of primary amides is 1. The monoisotopic (exact) mass is 273 g/mol. The number of hydrogen-bond donors (Lipinski definition) is 3. The molecule has 0 radical (unpaired) electrons. The van der Waals surface area contributed by atoms with E-state index in [4.69, 9.17) is 5.73 Å². The van der Waals surface area contributed by atoms with E-state index in [1.165, 1.54) is 6.33 Å². The van der Waals surface area contributed by atoms with Gasteiger partial charge in [-0.2, -0.15) is 10.1 Å². The van der Waals surface area contributed by atoms with Gasteiger partial charge in [-0.1, -0.05) is 12.1 Å². The Hall–Kier alpha value is -2.57. The standard InChI is InChI=1S/C13H15N5O2/c1-7-10(12(14)20)11(8-3-2-4-9(19)5-8)18-13(17-7)15-6-16-18/h2-7,10-11,19H,1H3,(H2,14,20)(H,15,16,17)/t7-,10+,11-/m0/s1. The maximum absolute atomic E-state index is 11.8. The minimum atomic E-state index is -0.481. The SMILES string of the molecule is C[C@@H]1Nc2ncnn2[C@@H](c2cccc(O)c2)[C@@H]1C(N)=O. The Morgan fingerprint density at radius 1 is 1.50 bits per heavy atom. The van der Waals surface area contributed by atoms with Crippen LogP contribution in [0.2, 0.25) is 0 Å². The number of nitrogens with zero attached hydrogens (tertiary/aromatic N) is 3. The van der Waals surface area contributed by atoms with Gasteiger partial charge in [-0.3, -0.25) is 4.79 Å². The number of phenolic OH excluding ortho intramolecular Hbond substituents is 1. The van der Waals surface area contributed by atoms with Gasteiger partial charge in [0.25, 0.3) is 0 Å². The first-order valence-corrected chi connectivity index (χ1v) is 6.32. The van der Waals surface area contributed by atoms with Crippen LogP contribution in [0.4, 0.5) is 5.95 Å². The lowest BCUT2D eigenvalue weighted by Gasteiger charge is -2.35. The van der Waals surface area contributed by atoms with Crippen LogP contribution in [-0.2, 0) is 4.79 Å². The van der Waals surface area contributed by atoms with Crippen LogP contribution in [0.3, 0.4) is 0 Å². The summed E-state index contributed by atoms with van der Waals surface area (Å²) >= 11 is 0. The molecule has 7 nitrogen and oxygen atoms in total. The van der Waals surface area contributed by atoms with Gasteiger partial charge < -0.3 is 16.2 Å². The Kier molecular flexibility index (Phi) is 2.81. The summed E-state index contributed by atoms with van der Waals surface area (Å²) in [7, 11) is 0. The molecule has 1 aliphatic heterocycles. The number of nitrogens with one attached hydrogen (secondary N) is 1. The molecule has 1 aliphatic rings. The van der Waals surface area contributed by atoms with Crippen molar-refractivity contribution in [1.82, 2.24) is 14.8 Å². The normalized spacial score (nSPS) is 24.8. The van der Waals surface area contributed by atoms with Crippen molar-refractivity contribution in [2.45, 2.75) is 19.0 Å². The third kappa shape index (κ3) is 1.87. The molecule has 0 saturated carbocycles. The van der Waals surface area contributed by atoms with Crippen molar-refractivity contribution in [3.05, 3.63) is 36.2 Å². The molecule has 1 aromatic heterocycles. The van der Waals surface area contributed by atoms with Crippen LogP contribution in [0, 0.1) is 5.92 Å². The molecule has 1 aromatic carbocycles. The van der Waals surface area contributed by atoms with E-state index < -0.39 is 11.8 Å². The number of fused-ring (bicyclic) bond motifs is 1. The molecule has 4 N–H and O–H groups in total. The molecule has 0 aliphatic carbocycles. The summed E-state index contributed by atoms with van der Waals surface area (Å²) in [6, 6.07) is 6.21. The zero-order chi connectivity index (χ0) is 14.3. The van der Waals surface area contributed by atoms with Crippen molar-refractivity contribution in [3.63, 3.8) is 0 Å². The zero-order valence-corrected chi connectivity index (χ0v) is 10.9. The molecule has 2 heterocycles. The average molecular weight is 273 g/mol. The molecule has 20 heavy (non-hydrogen) atoms. The van der Waals surface area contributed by atoms with Gasteiger partial charge in [0, 0.05) is 6.04 Å². The van der Waals surface area contributed by atoms with Crippen molar-refractivity contribution < 1.29 is 9.90 Å². The van der Waals surface area contributed by atoms with Gasteiger partial charge in [0.15, 0.2) is 0 Å². The minimum absolute atomic E-state index is 0.138. The molecule has 104 valence electrons. The Bertz CT molecular complexity index is 654. The van der Waals surface area contributed by atoms with Crippen LogP contribution in [0.1, 0.15) is 18.5 Å². The van der Waals surface area contributed by atoms with E-state index in [-0.39, 0.29) is 17.8 Å². The second kappa shape index (κ2) is 4.52. The molecule has 0 saturated heterocycles. The van der Waals surface area contributed by atoms with Crippen molar-refractivity contribution >= 4 is 11.9 Å². The number of aromatic nitrogens is 3. The lowest BCUT2D eigenvalue weighted by atomic mass is 9.85. The molecular formula is C13H15N5O2. The largest absolute Gasteiger partial charge is 0.508 e. The Morgan fingerprint density at radius 2 is 2.30 bits per heavy atom. The molecule has 1 amide bonds. The maximum atomic E-state index is 11.8. The summed E-state index contributed by atoms with van der Waals surface area (Å²) in [5.41, 5.74) is 6.32. The van der Waals surface area contributed by atoms with Crippen LogP contribution in [0.25, 0.3) is 0 Å². The average Bonchev–Trinajstić information content (AvgIpc) is 2.84. The number of hydrogen-bond acceptors (Lipinski definition) is 5. The molecule has 7 heteroatoms. The Balaban J connectivity index is 2.15. The fraction of sp³-hybridized carbons (Fsp3) is 0.308. The van der Waals surface area contributed by atoms with Crippen molar-refractivity contribution in [2.75, 3.05) is 5.32 Å².